The number of aromatic nitrogens is 2. The molecule has 2 aromatic carbocycles. The summed E-state index contributed by atoms with van der Waals surface area (Å²) >= 11 is 0. The molecule has 4 nitrogen and oxygen atoms in total. The summed E-state index contributed by atoms with van der Waals surface area (Å²) in [5, 5.41) is 10.3. The first-order chi connectivity index (χ1) is 9.29. The molecule has 3 rings (SSSR count). The molecule has 0 aliphatic rings. The van der Waals surface area contributed by atoms with Gasteiger partial charge in [0.1, 0.15) is 11.4 Å². The molecular weight excluding hydrogens is 238 g/mol. The highest BCUT2D eigenvalue weighted by atomic mass is 16.5. The summed E-state index contributed by atoms with van der Waals surface area (Å²) in [6, 6.07) is 13.5. The number of benzene rings is 2. The quantitative estimate of drug-likeness (QED) is 0.711. The van der Waals surface area contributed by atoms with Gasteiger partial charge in [-0.1, -0.05) is 18.2 Å². The predicted molar refractivity (Wildman–Crippen MR) is 75.9 cm³/mol. The van der Waals surface area contributed by atoms with Gasteiger partial charge in [0, 0.05) is 22.0 Å². The number of ether oxygens (including phenoxy) is 1. The summed E-state index contributed by atoms with van der Waals surface area (Å²) in [7, 11) is 1.64. The zero-order valence-corrected chi connectivity index (χ0v) is 10.5. The van der Waals surface area contributed by atoms with E-state index in [2.05, 4.69) is 10.2 Å². The first-order valence-corrected chi connectivity index (χ1v) is 5.94. The molecule has 0 spiro atoms. The maximum absolute atomic E-state index is 6.01. The zero-order valence-electron chi connectivity index (χ0n) is 10.5. The summed E-state index contributed by atoms with van der Waals surface area (Å²) < 4.78 is 5.22. The molecule has 0 fully saturated rings. The van der Waals surface area contributed by atoms with E-state index in [1.54, 1.807) is 13.3 Å². The number of hydrogen-bond donors (Lipinski definition) is 1. The van der Waals surface area contributed by atoms with Gasteiger partial charge in [-0.05, 0) is 24.3 Å². The molecule has 0 aliphatic heterocycles. The number of rotatable bonds is 2. The zero-order chi connectivity index (χ0) is 13.2. The number of para-hydroxylation sites is 1. The molecule has 94 valence electrons. The average molecular weight is 251 g/mol. The van der Waals surface area contributed by atoms with Crippen LogP contribution in [-0.4, -0.2) is 17.3 Å². The lowest BCUT2D eigenvalue weighted by molar-refractivity contribution is 0.415. The maximum Gasteiger partial charge on any atom is 0.119 e. The minimum Gasteiger partial charge on any atom is -0.497 e. The van der Waals surface area contributed by atoms with Crippen LogP contribution < -0.4 is 10.5 Å². The average Bonchev–Trinajstić information content (AvgIpc) is 2.46. The van der Waals surface area contributed by atoms with E-state index in [0.717, 1.165) is 27.8 Å². The molecule has 19 heavy (non-hydrogen) atoms. The lowest BCUT2D eigenvalue weighted by Crippen LogP contribution is -1.94. The topological polar surface area (TPSA) is 61.0 Å². The third-order valence-electron chi connectivity index (χ3n) is 3.08. The highest BCUT2D eigenvalue weighted by molar-refractivity contribution is 5.97. The Balaban J connectivity index is 2.28. The monoisotopic (exact) mass is 251 g/mol. The van der Waals surface area contributed by atoms with Gasteiger partial charge in [-0.2, -0.15) is 5.10 Å². The molecule has 0 bridgehead atoms. The Hall–Kier alpha value is -2.62. The number of methoxy groups -OCH3 is 1. The van der Waals surface area contributed by atoms with Crippen LogP contribution in [0.1, 0.15) is 0 Å². The summed E-state index contributed by atoms with van der Waals surface area (Å²) in [5.41, 5.74) is 8.39. The van der Waals surface area contributed by atoms with Crippen molar-refractivity contribution >= 4 is 16.5 Å². The van der Waals surface area contributed by atoms with Crippen LogP contribution >= 0.6 is 0 Å². The lowest BCUT2D eigenvalue weighted by atomic mass is 10.0. The third-order valence-corrected chi connectivity index (χ3v) is 3.08. The number of hydrogen-bond acceptors (Lipinski definition) is 4. The molecule has 4 heteroatoms. The van der Waals surface area contributed by atoms with E-state index in [0.29, 0.717) is 5.69 Å². The van der Waals surface area contributed by atoms with Gasteiger partial charge < -0.3 is 10.5 Å². The largest absolute Gasteiger partial charge is 0.497 e. The number of nitrogens with zero attached hydrogens (tertiary/aromatic N) is 2. The van der Waals surface area contributed by atoms with Gasteiger partial charge in [-0.3, -0.25) is 0 Å². The molecule has 0 unspecified atom stereocenters. The minimum absolute atomic E-state index is 0.695. The van der Waals surface area contributed by atoms with E-state index in [1.807, 2.05) is 42.5 Å². The van der Waals surface area contributed by atoms with Crippen LogP contribution in [0, 0.1) is 0 Å². The smallest absolute Gasteiger partial charge is 0.119 e. The molecular formula is C15H13N3O. The van der Waals surface area contributed by atoms with E-state index >= 15 is 0 Å². The molecule has 3 aromatic rings. The Labute approximate surface area is 110 Å². The van der Waals surface area contributed by atoms with Crippen molar-refractivity contribution in [1.82, 2.24) is 10.2 Å². The van der Waals surface area contributed by atoms with Gasteiger partial charge in [0.05, 0.1) is 13.3 Å². The molecule has 0 amide bonds. The second-order valence-electron chi connectivity index (χ2n) is 4.23. The Morgan fingerprint density at radius 1 is 1.11 bits per heavy atom. The van der Waals surface area contributed by atoms with Crippen LogP contribution in [0.5, 0.6) is 5.75 Å². The Kier molecular flexibility index (Phi) is 2.76. The molecule has 0 aliphatic carbocycles. The summed E-state index contributed by atoms with van der Waals surface area (Å²) in [6.45, 7) is 0. The second-order valence-corrected chi connectivity index (χ2v) is 4.23. The van der Waals surface area contributed by atoms with Gasteiger partial charge in [-0.15, -0.1) is 5.10 Å². The van der Waals surface area contributed by atoms with Crippen molar-refractivity contribution in [2.75, 3.05) is 12.8 Å². The van der Waals surface area contributed by atoms with Crippen LogP contribution in [0.25, 0.3) is 22.0 Å². The van der Waals surface area contributed by atoms with Crippen LogP contribution in [0.4, 0.5) is 5.69 Å². The minimum atomic E-state index is 0.695. The van der Waals surface area contributed by atoms with Gasteiger partial charge in [0.15, 0.2) is 0 Å². The fraction of sp³-hybridized carbons (Fsp3) is 0.0667. The van der Waals surface area contributed by atoms with E-state index in [-0.39, 0.29) is 0 Å². The summed E-state index contributed by atoms with van der Waals surface area (Å²) in [4.78, 5) is 0. The van der Waals surface area contributed by atoms with Gasteiger partial charge in [0.25, 0.3) is 0 Å². The normalized spacial score (nSPS) is 10.6. The van der Waals surface area contributed by atoms with E-state index < -0.39 is 0 Å². The Morgan fingerprint density at radius 2 is 1.95 bits per heavy atom. The fourth-order valence-electron chi connectivity index (χ4n) is 2.10. The SMILES string of the molecule is COc1ccc2c(-c3ccccc3N)nncc2c1. The maximum atomic E-state index is 6.01. The second kappa shape index (κ2) is 4.57. The molecule has 0 saturated heterocycles. The fourth-order valence-corrected chi connectivity index (χ4v) is 2.10. The molecule has 0 atom stereocenters. The van der Waals surface area contributed by atoms with E-state index in [4.69, 9.17) is 10.5 Å². The van der Waals surface area contributed by atoms with Crippen molar-refractivity contribution < 1.29 is 4.74 Å². The number of nitrogens with two attached hydrogens (primary N) is 1. The molecule has 0 radical (unpaired) electrons. The van der Waals surface area contributed by atoms with E-state index in [1.165, 1.54) is 0 Å². The molecule has 0 saturated carbocycles. The summed E-state index contributed by atoms with van der Waals surface area (Å²) in [5.74, 6) is 0.799. The lowest BCUT2D eigenvalue weighted by Gasteiger charge is -2.08. The van der Waals surface area contributed by atoms with E-state index in [9.17, 15) is 0 Å². The number of anilines is 1. The number of fused-ring (bicyclic) bond motifs is 1. The predicted octanol–water partition coefficient (Wildman–Crippen LogP) is 2.89. The van der Waals surface area contributed by atoms with Crippen molar-refractivity contribution in [3.05, 3.63) is 48.7 Å². The van der Waals surface area contributed by atoms with Crippen molar-refractivity contribution in [2.24, 2.45) is 0 Å². The Bertz CT molecular complexity index is 740. The van der Waals surface area contributed by atoms with Crippen molar-refractivity contribution in [1.29, 1.82) is 0 Å². The van der Waals surface area contributed by atoms with Crippen LogP contribution in [0.15, 0.2) is 48.7 Å². The third kappa shape index (κ3) is 1.97. The first kappa shape index (κ1) is 11.5. The van der Waals surface area contributed by atoms with Crippen molar-refractivity contribution in [3.63, 3.8) is 0 Å². The summed E-state index contributed by atoms with van der Waals surface area (Å²) in [6.07, 6.45) is 1.72. The van der Waals surface area contributed by atoms with Crippen LogP contribution in [-0.2, 0) is 0 Å². The molecule has 2 N–H and O–H groups in total. The molecule has 1 aromatic heterocycles. The Morgan fingerprint density at radius 3 is 2.74 bits per heavy atom. The van der Waals surface area contributed by atoms with Gasteiger partial charge >= 0.3 is 0 Å². The van der Waals surface area contributed by atoms with Crippen molar-refractivity contribution in [3.8, 4) is 17.0 Å². The standard InChI is InChI=1S/C15H13N3O/c1-19-11-6-7-12-10(8-11)9-17-18-15(12)13-4-2-3-5-14(13)16/h2-9H,16H2,1H3. The van der Waals surface area contributed by atoms with Gasteiger partial charge in [0.2, 0.25) is 0 Å². The highest BCUT2D eigenvalue weighted by Crippen LogP contribution is 2.31. The van der Waals surface area contributed by atoms with Crippen LogP contribution in [0.2, 0.25) is 0 Å². The van der Waals surface area contributed by atoms with Crippen LogP contribution in [0.3, 0.4) is 0 Å². The first-order valence-electron chi connectivity index (χ1n) is 5.94. The highest BCUT2D eigenvalue weighted by Gasteiger charge is 2.09. The van der Waals surface area contributed by atoms with Crippen molar-refractivity contribution in [2.45, 2.75) is 0 Å². The molecule has 1 heterocycles. The van der Waals surface area contributed by atoms with Gasteiger partial charge in [-0.25, -0.2) is 0 Å². The number of nitrogen functional groups attached to an aromatic ring is 1.